The smallest absolute Gasteiger partial charge is 0.136 e. The lowest BCUT2D eigenvalue weighted by molar-refractivity contribution is 0.290. The second-order valence-electron chi connectivity index (χ2n) is 6.89. The Labute approximate surface area is 161 Å². The van der Waals surface area contributed by atoms with Gasteiger partial charge in [-0.2, -0.15) is 5.11 Å². The van der Waals surface area contributed by atoms with Crippen molar-refractivity contribution in [3.63, 3.8) is 0 Å². The first-order valence-corrected chi connectivity index (χ1v) is 9.85. The highest BCUT2D eigenvalue weighted by Crippen LogP contribution is 2.37. The number of nitrogens with zero attached hydrogens (tertiary/aromatic N) is 5. The van der Waals surface area contributed by atoms with E-state index >= 15 is 0 Å². The van der Waals surface area contributed by atoms with E-state index in [4.69, 9.17) is 0 Å². The third kappa shape index (κ3) is 2.82. The van der Waals surface area contributed by atoms with Gasteiger partial charge in [0.25, 0.3) is 0 Å². The molecule has 1 aromatic carbocycles. The predicted molar refractivity (Wildman–Crippen MR) is 109 cm³/mol. The number of aromatic nitrogens is 1. The quantitative estimate of drug-likeness (QED) is 0.601. The number of hydrogen-bond acceptors (Lipinski definition) is 6. The van der Waals surface area contributed by atoms with E-state index < -0.39 is 0 Å². The first-order valence-electron chi connectivity index (χ1n) is 8.97. The van der Waals surface area contributed by atoms with E-state index in [9.17, 15) is 0 Å². The van der Waals surface area contributed by atoms with Crippen LogP contribution in [0.15, 0.2) is 82.5 Å². The van der Waals surface area contributed by atoms with Gasteiger partial charge in [0.05, 0.1) is 22.3 Å². The summed E-state index contributed by atoms with van der Waals surface area (Å²) in [6.45, 7) is 4.28. The Hall–Kier alpha value is -2.99. The molecule has 4 heterocycles. The zero-order valence-corrected chi connectivity index (χ0v) is 16.0. The summed E-state index contributed by atoms with van der Waals surface area (Å²) in [6, 6.07) is 12.7. The van der Waals surface area contributed by atoms with Crippen LogP contribution < -0.4 is 4.90 Å². The molecule has 0 saturated heterocycles. The van der Waals surface area contributed by atoms with Gasteiger partial charge in [-0.1, -0.05) is 17.4 Å². The molecule has 0 spiro atoms. The lowest BCUT2D eigenvalue weighted by Crippen LogP contribution is -2.26. The van der Waals surface area contributed by atoms with Crippen molar-refractivity contribution in [1.82, 2.24) is 9.99 Å². The molecule has 0 saturated carbocycles. The molecular formula is C21H19N5S. The van der Waals surface area contributed by atoms with Crippen LogP contribution in [0, 0.1) is 6.92 Å². The number of benzene rings is 1. The summed E-state index contributed by atoms with van der Waals surface area (Å²) in [7, 11) is 0. The molecule has 3 aromatic rings. The summed E-state index contributed by atoms with van der Waals surface area (Å²) in [4.78, 5) is 6.57. The topological polar surface area (TPSA) is 44.1 Å². The van der Waals surface area contributed by atoms with E-state index in [0.717, 1.165) is 16.6 Å². The Kier molecular flexibility index (Phi) is 3.79. The monoisotopic (exact) mass is 373 g/mol. The molecule has 5 rings (SSSR count). The summed E-state index contributed by atoms with van der Waals surface area (Å²) in [6.07, 6.45) is 8.15. The maximum absolute atomic E-state index is 4.47. The first kappa shape index (κ1) is 16.2. The normalized spacial score (nSPS) is 19.5. The van der Waals surface area contributed by atoms with Crippen molar-refractivity contribution in [2.45, 2.75) is 25.9 Å². The van der Waals surface area contributed by atoms with Gasteiger partial charge < -0.3 is 4.90 Å². The number of anilines is 1. The van der Waals surface area contributed by atoms with Crippen LogP contribution in [0.4, 0.5) is 5.00 Å². The van der Waals surface area contributed by atoms with Crippen LogP contribution in [0.3, 0.4) is 0 Å². The molecule has 27 heavy (non-hydrogen) atoms. The van der Waals surface area contributed by atoms with Gasteiger partial charge in [-0.15, -0.1) is 11.3 Å². The molecule has 1 unspecified atom stereocenters. The minimum atomic E-state index is -0.00752. The molecule has 5 nitrogen and oxygen atoms in total. The summed E-state index contributed by atoms with van der Waals surface area (Å²) < 4.78 is 0. The molecule has 0 fully saturated rings. The van der Waals surface area contributed by atoms with Gasteiger partial charge in [0.15, 0.2) is 0 Å². The molecular weight excluding hydrogens is 354 g/mol. The third-order valence-electron chi connectivity index (χ3n) is 4.99. The zero-order chi connectivity index (χ0) is 18.4. The van der Waals surface area contributed by atoms with Crippen molar-refractivity contribution in [3.05, 3.63) is 83.3 Å². The fourth-order valence-electron chi connectivity index (χ4n) is 3.47. The van der Waals surface area contributed by atoms with Gasteiger partial charge in [0.1, 0.15) is 6.04 Å². The Balaban J connectivity index is 1.47. The zero-order valence-electron chi connectivity index (χ0n) is 15.1. The Morgan fingerprint density at radius 3 is 2.96 bits per heavy atom. The van der Waals surface area contributed by atoms with Crippen LogP contribution >= 0.6 is 11.3 Å². The van der Waals surface area contributed by atoms with E-state index in [-0.39, 0.29) is 12.1 Å². The van der Waals surface area contributed by atoms with Crippen LogP contribution in [0.2, 0.25) is 0 Å². The van der Waals surface area contributed by atoms with Crippen molar-refractivity contribution < 1.29 is 0 Å². The average Bonchev–Trinajstić information content (AvgIpc) is 3.32. The van der Waals surface area contributed by atoms with Crippen LogP contribution in [0.5, 0.6) is 0 Å². The fourth-order valence-corrected chi connectivity index (χ4v) is 4.34. The van der Waals surface area contributed by atoms with Gasteiger partial charge in [0.2, 0.25) is 0 Å². The van der Waals surface area contributed by atoms with Crippen LogP contribution in [0.1, 0.15) is 24.1 Å². The maximum atomic E-state index is 4.47. The summed E-state index contributed by atoms with van der Waals surface area (Å²) in [5.41, 5.74) is 4.58. The van der Waals surface area contributed by atoms with E-state index in [1.807, 2.05) is 17.3 Å². The summed E-state index contributed by atoms with van der Waals surface area (Å²) in [5, 5.41) is 15.4. The van der Waals surface area contributed by atoms with E-state index in [0.29, 0.717) is 0 Å². The minimum Gasteiger partial charge on any atom is -0.314 e. The van der Waals surface area contributed by atoms with Crippen molar-refractivity contribution >= 4 is 27.2 Å². The number of fused-ring (bicyclic) bond motifs is 2. The second kappa shape index (κ2) is 6.32. The Bertz CT molecular complexity index is 1100. The number of aryl methyl sites for hydroxylation is 1. The molecule has 2 atom stereocenters. The molecule has 0 aliphatic carbocycles. The average molecular weight is 373 g/mol. The highest BCUT2D eigenvalue weighted by atomic mass is 32.1. The van der Waals surface area contributed by atoms with E-state index in [2.05, 4.69) is 88.3 Å². The van der Waals surface area contributed by atoms with E-state index in [1.165, 1.54) is 16.1 Å². The highest BCUT2D eigenvalue weighted by molar-refractivity contribution is 7.14. The molecule has 0 bridgehead atoms. The molecule has 2 aliphatic rings. The Morgan fingerprint density at radius 1 is 1.19 bits per heavy atom. The summed E-state index contributed by atoms with van der Waals surface area (Å²) >= 11 is 1.74. The minimum absolute atomic E-state index is 0.00752. The number of hydrogen-bond donors (Lipinski definition) is 0. The third-order valence-corrected chi connectivity index (χ3v) is 6.05. The number of thiophene rings is 1. The molecule has 0 radical (unpaired) electrons. The fraction of sp³-hybridized carbons (Fsp3) is 0.190. The molecule has 6 heteroatoms. The molecule has 2 aliphatic heterocycles. The van der Waals surface area contributed by atoms with Gasteiger partial charge in [-0.3, -0.25) is 4.98 Å². The van der Waals surface area contributed by atoms with Crippen molar-refractivity contribution in [3.8, 4) is 0 Å². The van der Waals surface area contributed by atoms with Gasteiger partial charge in [-0.25, -0.2) is 5.01 Å². The number of pyridine rings is 1. The molecule has 0 amide bonds. The Morgan fingerprint density at radius 2 is 2.11 bits per heavy atom. The standard InChI is InChI=1S/C21H19N5S/c1-14-10-21(27-13-14)25-9-7-19-20(12-25)26(24-23-19)15(2)16-5-6-18-17(11-16)4-3-8-22-18/h3-13,15,19H,1-2H3/t15-,19?/m1/s1. The first-order chi connectivity index (χ1) is 13.2. The van der Waals surface area contributed by atoms with Gasteiger partial charge >= 0.3 is 0 Å². The van der Waals surface area contributed by atoms with E-state index in [1.54, 1.807) is 11.3 Å². The number of rotatable bonds is 3. The maximum Gasteiger partial charge on any atom is 0.136 e. The van der Waals surface area contributed by atoms with Gasteiger partial charge in [0, 0.05) is 24.0 Å². The van der Waals surface area contributed by atoms with Crippen molar-refractivity contribution in [2.24, 2.45) is 10.3 Å². The van der Waals surface area contributed by atoms with Crippen LogP contribution in [-0.2, 0) is 0 Å². The summed E-state index contributed by atoms with van der Waals surface area (Å²) in [5.74, 6) is 0. The van der Waals surface area contributed by atoms with Crippen molar-refractivity contribution in [2.75, 3.05) is 4.90 Å². The largest absolute Gasteiger partial charge is 0.314 e. The second-order valence-corrected chi connectivity index (χ2v) is 7.78. The SMILES string of the molecule is Cc1csc(N2C=CC3N=NN([C@H](C)c4ccc5ncccc5c4)C3=C2)c1. The van der Waals surface area contributed by atoms with Gasteiger partial charge in [-0.05, 0) is 60.7 Å². The molecule has 134 valence electrons. The van der Waals surface area contributed by atoms with Crippen LogP contribution in [-0.4, -0.2) is 16.0 Å². The van der Waals surface area contributed by atoms with Crippen LogP contribution in [0.25, 0.3) is 10.9 Å². The lowest BCUT2D eigenvalue weighted by Gasteiger charge is -2.28. The van der Waals surface area contributed by atoms with Crippen molar-refractivity contribution in [1.29, 1.82) is 0 Å². The molecule has 0 N–H and O–H groups in total. The molecule has 2 aromatic heterocycles. The highest BCUT2D eigenvalue weighted by Gasteiger charge is 2.31. The predicted octanol–water partition coefficient (Wildman–Crippen LogP) is 5.59. The lowest BCUT2D eigenvalue weighted by atomic mass is 10.0.